The van der Waals surface area contributed by atoms with Crippen LogP contribution in [0.1, 0.15) is 22.5 Å². The van der Waals surface area contributed by atoms with Crippen LogP contribution < -0.4 is 5.32 Å². The summed E-state index contributed by atoms with van der Waals surface area (Å²) < 4.78 is 15.3. The van der Waals surface area contributed by atoms with Crippen LogP contribution in [-0.2, 0) is 4.79 Å². The van der Waals surface area contributed by atoms with Gasteiger partial charge in [-0.3, -0.25) is 4.79 Å². The van der Waals surface area contributed by atoms with Crippen molar-refractivity contribution in [2.75, 3.05) is 0 Å². The first kappa shape index (κ1) is 19.2. The second-order valence-electron chi connectivity index (χ2n) is 6.91. The van der Waals surface area contributed by atoms with Gasteiger partial charge in [0.1, 0.15) is 5.82 Å². The van der Waals surface area contributed by atoms with Crippen LogP contribution in [-0.4, -0.2) is 15.6 Å². The number of para-hydroxylation sites is 1. The van der Waals surface area contributed by atoms with Crippen molar-refractivity contribution in [3.8, 4) is 5.69 Å². The Morgan fingerprint density at radius 2 is 1.79 bits per heavy atom. The quantitative estimate of drug-likeness (QED) is 0.591. The van der Waals surface area contributed by atoms with Crippen molar-refractivity contribution in [2.24, 2.45) is 4.99 Å². The van der Waals surface area contributed by atoms with E-state index in [1.807, 2.05) is 61.7 Å². The number of thioether (sulfide) groups is 1. The van der Waals surface area contributed by atoms with Crippen LogP contribution in [0.4, 0.5) is 10.1 Å². The summed E-state index contributed by atoms with van der Waals surface area (Å²) in [6, 6.07) is 16.2. The van der Waals surface area contributed by atoms with Crippen molar-refractivity contribution >= 4 is 34.6 Å². The normalized spacial score (nSPS) is 16.6. The first-order valence-corrected chi connectivity index (χ1v) is 10.0. The maximum atomic E-state index is 13.3. The van der Waals surface area contributed by atoms with Crippen LogP contribution in [0.25, 0.3) is 11.8 Å². The number of aryl methyl sites for hydroxylation is 2. The molecular weight excluding hydrogens is 385 g/mol. The summed E-state index contributed by atoms with van der Waals surface area (Å²) in [5, 5.41) is 3.41. The first-order chi connectivity index (χ1) is 13.9. The van der Waals surface area contributed by atoms with Gasteiger partial charge < -0.3 is 9.88 Å². The molecule has 1 amide bonds. The van der Waals surface area contributed by atoms with Crippen molar-refractivity contribution in [2.45, 2.75) is 20.8 Å². The summed E-state index contributed by atoms with van der Waals surface area (Å²) in [5.41, 5.74) is 5.72. The number of hydrogen-bond donors (Lipinski definition) is 1. The zero-order chi connectivity index (χ0) is 20.5. The van der Waals surface area contributed by atoms with Gasteiger partial charge in [-0.1, -0.05) is 18.2 Å². The highest BCUT2D eigenvalue weighted by Gasteiger charge is 2.24. The number of aliphatic imine (C=N–C) groups is 1. The monoisotopic (exact) mass is 405 g/mol. The second-order valence-corrected chi connectivity index (χ2v) is 7.94. The maximum Gasteiger partial charge on any atom is 0.264 e. The fraction of sp³-hybridized carbons (Fsp3) is 0.130. The van der Waals surface area contributed by atoms with Gasteiger partial charge in [-0.05, 0) is 86.1 Å². The van der Waals surface area contributed by atoms with Crippen LogP contribution in [0.5, 0.6) is 0 Å². The van der Waals surface area contributed by atoms with Crippen molar-refractivity contribution in [3.05, 3.63) is 87.8 Å². The first-order valence-electron chi connectivity index (χ1n) is 9.22. The molecular formula is C23H20FN3OS. The average Bonchev–Trinajstić information content (AvgIpc) is 3.17. The fourth-order valence-corrected chi connectivity index (χ4v) is 4.17. The van der Waals surface area contributed by atoms with Crippen LogP contribution in [0.15, 0.2) is 64.5 Å². The lowest BCUT2D eigenvalue weighted by atomic mass is 10.2. The van der Waals surface area contributed by atoms with E-state index in [1.165, 1.54) is 23.9 Å². The van der Waals surface area contributed by atoms with E-state index in [2.05, 4.69) is 10.3 Å². The predicted molar refractivity (Wildman–Crippen MR) is 117 cm³/mol. The van der Waals surface area contributed by atoms with Gasteiger partial charge in [-0.15, -0.1) is 0 Å². The van der Waals surface area contributed by atoms with Crippen LogP contribution in [0.2, 0.25) is 0 Å². The zero-order valence-corrected chi connectivity index (χ0v) is 17.2. The van der Waals surface area contributed by atoms with E-state index in [0.29, 0.717) is 10.1 Å². The molecule has 1 aliphatic heterocycles. The number of halogens is 1. The minimum absolute atomic E-state index is 0.158. The Morgan fingerprint density at radius 3 is 2.52 bits per heavy atom. The van der Waals surface area contributed by atoms with E-state index < -0.39 is 0 Å². The maximum absolute atomic E-state index is 13.3. The summed E-state index contributed by atoms with van der Waals surface area (Å²) in [6.07, 6.45) is 1.88. The number of nitrogens with zero attached hydrogens (tertiary/aromatic N) is 2. The highest BCUT2D eigenvalue weighted by atomic mass is 32.2. The average molecular weight is 405 g/mol. The Balaban J connectivity index is 1.65. The standard InChI is InChI=1S/C23H20FN3OS/c1-14-6-4-5-7-20(14)25-23-26-22(28)21(29-23)13-17-12-15(2)27(16(17)3)19-10-8-18(24)9-11-19/h4-13H,1-3H3,(H,25,26,28)/b21-13-. The lowest BCUT2D eigenvalue weighted by molar-refractivity contribution is -0.115. The Morgan fingerprint density at radius 1 is 1.07 bits per heavy atom. The highest BCUT2D eigenvalue weighted by molar-refractivity contribution is 8.18. The summed E-state index contributed by atoms with van der Waals surface area (Å²) in [5.74, 6) is -0.424. The SMILES string of the molecule is Cc1ccccc1N=C1NC(=O)/C(=C/c2cc(C)n(-c3ccc(F)cc3)c2C)S1. The molecule has 1 fully saturated rings. The molecule has 1 saturated heterocycles. The van der Waals surface area contributed by atoms with Crippen LogP contribution in [0, 0.1) is 26.6 Å². The van der Waals surface area contributed by atoms with Gasteiger partial charge in [0.15, 0.2) is 5.17 Å². The topological polar surface area (TPSA) is 46.4 Å². The van der Waals surface area contributed by atoms with E-state index in [9.17, 15) is 9.18 Å². The third-order valence-corrected chi connectivity index (χ3v) is 5.74. The lowest BCUT2D eigenvalue weighted by Crippen LogP contribution is -2.19. The van der Waals surface area contributed by atoms with Gasteiger partial charge in [0.2, 0.25) is 0 Å². The predicted octanol–water partition coefficient (Wildman–Crippen LogP) is 5.43. The number of rotatable bonds is 3. The summed E-state index contributed by atoms with van der Waals surface area (Å²) >= 11 is 1.33. The Labute approximate surface area is 173 Å². The molecule has 3 aromatic rings. The molecule has 2 aromatic carbocycles. The molecule has 0 spiro atoms. The Kier molecular flexibility index (Phi) is 5.11. The molecule has 0 aliphatic carbocycles. The Hall–Kier alpha value is -3.12. The van der Waals surface area contributed by atoms with Crippen LogP contribution in [0.3, 0.4) is 0 Å². The summed E-state index contributed by atoms with van der Waals surface area (Å²) in [6.45, 7) is 5.97. The highest BCUT2D eigenvalue weighted by Crippen LogP contribution is 2.31. The van der Waals surface area contributed by atoms with Crippen molar-refractivity contribution < 1.29 is 9.18 Å². The third-order valence-electron chi connectivity index (χ3n) is 4.83. The molecule has 4 rings (SSSR count). The minimum atomic E-state index is -0.266. The minimum Gasteiger partial charge on any atom is -0.318 e. The number of aromatic nitrogens is 1. The van der Waals surface area contributed by atoms with Gasteiger partial charge in [0, 0.05) is 17.1 Å². The fourth-order valence-electron chi connectivity index (χ4n) is 3.34. The second kappa shape index (κ2) is 7.72. The number of amidine groups is 1. The molecule has 2 heterocycles. The van der Waals surface area contributed by atoms with Gasteiger partial charge in [-0.2, -0.15) is 0 Å². The molecule has 0 unspecified atom stereocenters. The van der Waals surface area contributed by atoms with Gasteiger partial charge in [0.25, 0.3) is 5.91 Å². The van der Waals surface area contributed by atoms with E-state index in [0.717, 1.165) is 33.9 Å². The van der Waals surface area contributed by atoms with Crippen LogP contribution >= 0.6 is 11.8 Å². The molecule has 0 radical (unpaired) electrons. The number of carbonyl (C=O) groups excluding carboxylic acids is 1. The molecule has 1 aliphatic rings. The number of carbonyl (C=O) groups is 1. The molecule has 146 valence electrons. The van der Waals surface area contributed by atoms with Crippen molar-refractivity contribution in [1.29, 1.82) is 0 Å². The van der Waals surface area contributed by atoms with Gasteiger partial charge >= 0.3 is 0 Å². The molecule has 0 bridgehead atoms. The van der Waals surface area contributed by atoms with Gasteiger partial charge in [-0.25, -0.2) is 9.38 Å². The van der Waals surface area contributed by atoms with E-state index in [-0.39, 0.29) is 11.7 Å². The van der Waals surface area contributed by atoms with Crippen molar-refractivity contribution in [1.82, 2.24) is 9.88 Å². The zero-order valence-electron chi connectivity index (χ0n) is 16.4. The molecule has 6 heteroatoms. The molecule has 0 atom stereocenters. The lowest BCUT2D eigenvalue weighted by Gasteiger charge is -2.09. The Bertz CT molecular complexity index is 1160. The summed E-state index contributed by atoms with van der Waals surface area (Å²) in [7, 11) is 0. The molecule has 1 aromatic heterocycles. The number of amides is 1. The summed E-state index contributed by atoms with van der Waals surface area (Å²) in [4.78, 5) is 17.6. The largest absolute Gasteiger partial charge is 0.318 e. The molecule has 1 N–H and O–H groups in total. The smallest absolute Gasteiger partial charge is 0.264 e. The third kappa shape index (κ3) is 3.89. The van der Waals surface area contributed by atoms with Gasteiger partial charge in [0.05, 0.1) is 10.6 Å². The molecule has 0 saturated carbocycles. The van der Waals surface area contributed by atoms with E-state index in [4.69, 9.17) is 0 Å². The van der Waals surface area contributed by atoms with E-state index in [1.54, 1.807) is 12.1 Å². The van der Waals surface area contributed by atoms with Crippen molar-refractivity contribution in [3.63, 3.8) is 0 Å². The number of nitrogens with one attached hydrogen (secondary N) is 1. The van der Waals surface area contributed by atoms with E-state index >= 15 is 0 Å². The molecule has 29 heavy (non-hydrogen) atoms. The number of benzene rings is 2. The molecule has 4 nitrogen and oxygen atoms in total. The number of hydrogen-bond acceptors (Lipinski definition) is 3.